The minimum atomic E-state index is -0.852. The quantitative estimate of drug-likeness (QED) is 0.410. The number of likely N-dealkylation sites (tertiary alicyclic amines) is 1. The molecule has 6 nitrogen and oxygen atoms in total. The maximum Gasteiger partial charge on any atom is 0.407 e. The molecule has 0 spiro atoms. The number of benzene rings is 1. The third-order valence-electron chi connectivity index (χ3n) is 4.63. The molecule has 0 aromatic heterocycles. The van der Waals surface area contributed by atoms with E-state index in [1.54, 1.807) is 0 Å². The first-order valence-corrected chi connectivity index (χ1v) is 9.45. The Morgan fingerprint density at radius 2 is 1.92 bits per heavy atom. The highest BCUT2D eigenvalue weighted by Crippen LogP contribution is 2.13. The summed E-state index contributed by atoms with van der Waals surface area (Å²) in [5, 5.41) is 13.1. The number of aryl methyl sites for hydroxylation is 1. The monoisotopic (exact) mass is 362 g/mol. The first-order chi connectivity index (χ1) is 12.6. The number of ether oxygens (including phenoxy) is 1. The second kappa shape index (κ2) is 10.8. The molecule has 1 aliphatic rings. The van der Waals surface area contributed by atoms with E-state index >= 15 is 0 Å². The normalized spacial score (nSPS) is 15.9. The average molecular weight is 362 g/mol. The van der Waals surface area contributed by atoms with Gasteiger partial charge in [-0.3, -0.25) is 0 Å². The van der Waals surface area contributed by atoms with Gasteiger partial charge in [-0.05, 0) is 43.7 Å². The molecule has 1 amide bonds. The molecule has 0 unspecified atom stereocenters. The Bertz CT molecular complexity index is 578. The zero-order valence-corrected chi connectivity index (χ0v) is 15.8. The van der Waals surface area contributed by atoms with Crippen LogP contribution in [0.3, 0.4) is 0 Å². The first kappa shape index (κ1) is 20.2. The van der Waals surface area contributed by atoms with E-state index in [4.69, 9.17) is 14.7 Å². The van der Waals surface area contributed by atoms with Crippen LogP contribution in [-0.4, -0.2) is 54.2 Å². The molecule has 1 aromatic carbocycles. The maximum absolute atomic E-state index is 10.9. The molecule has 1 N–H and O–H groups in total. The van der Waals surface area contributed by atoms with Crippen molar-refractivity contribution in [2.75, 3.05) is 26.3 Å². The molecule has 1 fully saturated rings. The number of nitrogens with zero attached hydrogens (tertiary/aromatic N) is 2. The summed E-state index contributed by atoms with van der Waals surface area (Å²) in [7, 11) is 0. The van der Waals surface area contributed by atoms with Crippen LogP contribution in [0.15, 0.2) is 29.4 Å². The summed E-state index contributed by atoms with van der Waals surface area (Å²) in [4.78, 5) is 17.6. The van der Waals surface area contributed by atoms with Gasteiger partial charge in [-0.25, -0.2) is 4.79 Å². The number of hydrogen-bond donors (Lipinski definition) is 1. The smallest absolute Gasteiger partial charge is 0.407 e. The largest absolute Gasteiger partial charge is 0.465 e. The number of carbonyl (C=O) groups is 1. The number of oxime groups is 1. The van der Waals surface area contributed by atoms with Gasteiger partial charge in [0.25, 0.3) is 0 Å². The molecule has 0 radical (unpaired) electrons. The fraction of sp³-hybridized carbons (Fsp3) is 0.600. The molecule has 0 aliphatic carbocycles. The van der Waals surface area contributed by atoms with Gasteiger partial charge >= 0.3 is 6.09 Å². The van der Waals surface area contributed by atoms with Gasteiger partial charge in [0.05, 0.1) is 18.4 Å². The lowest BCUT2D eigenvalue weighted by atomic mass is 10.0. The van der Waals surface area contributed by atoms with E-state index in [9.17, 15) is 4.79 Å². The van der Waals surface area contributed by atoms with Crippen LogP contribution in [0.4, 0.5) is 4.79 Å². The molecule has 26 heavy (non-hydrogen) atoms. The van der Waals surface area contributed by atoms with Gasteiger partial charge in [-0.15, -0.1) is 0 Å². The summed E-state index contributed by atoms with van der Waals surface area (Å²) in [5.74, 6) is 0. The Kier molecular flexibility index (Phi) is 8.41. The van der Waals surface area contributed by atoms with Gasteiger partial charge < -0.3 is 19.6 Å². The Labute approximate surface area is 155 Å². The third-order valence-corrected chi connectivity index (χ3v) is 4.63. The number of carboxylic acid groups (broad SMARTS) is 1. The van der Waals surface area contributed by atoms with Crippen LogP contribution in [0.2, 0.25) is 0 Å². The maximum atomic E-state index is 10.9. The predicted octanol–water partition coefficient (Wildman–Crippen LogP) is 3.93. The zero-order valence-electron chi connectivity index (χ0n) is 15.8. The van der Waals surface area contributed by atoms with Gasteiger partial charge in [0.15, 0.2) is 0 Å². The fourth-order valence-electron chi connectivity index (χ4n) is 2.95. The Balaban J connectivity index is 1.64. The third kappa shape index (κ3) is 6.67. The average Bonchev–Trinajstić information content (AvgIpc) is 2.66. The standard InChI is InChI=1S/C20H30N2O4/c1-3-4-5-17-6-8-18(9-7-17)16(2)21-26-15-14-25-19-10-12-22(13-11-19)20(23)24/h6-9,19H,3-5,10-15H2,1-2H3,(H,23,24)/b21-16-. The fourth-order valence-corrected chi connectivity index (χ4v) is 2.95. The second-order valence-corrected chi connectivity index (χ2v) is 6.65. The van der Waals surface area contributed by atoms with Gasteiger partial charge in [-0.1, -0.05) is 42.8 Å². The van der Waals surface area contributed by atoms with E-state index in [-0.39, 0.29) is 6.10 Å². The highest BCUT2D eigenvalue weighted by molar-refractivity contribution is 5.98. The molecular formula is C20H30N2O4. The SMILES string of the molecule is CCCCc1ccc(/C(C)=N\OCCOC2CCN(C(=O)O)CC2)cc1. The second-order valence-electron chi connectivity index (χ2n) is 6.65. The zero-order chi connectivity index (χ0) is 18.8. The molecule has 0 atom stereocenters. The van der Waals surface area contributed by atoms with Crippen molar-refractivity contribution in [3.05, 3.63) is 35.4 Å². The van der Waals surface area contributed by atoms with Crippen molar-refractivity contribution in [1.82, 2.24) is 4.90 Å². The van der Waals surface area contributed by atoms with Crippen molar-refractivity contribution in [2.45, 2.75) is 52.1 Å². The molecule has 1 heterocycles. The molecule has 2 rings (SSSR count). The highest BCUT2D eigenvalue weighted by atomic mass is 16.6. The first-order valence-electron chi connectivity index (χ1n) is 9.45. The molecule has 1 saturated heterocycles. The number of hydrogen-bond acceptors (Lipinski definition) is 4. The topological polar surface area (TPSA) is 71.4 Å². The molecule has 6 heteroatoms. The summed E-state index contributed by atoms with van der Waals surface area (Å²) in [6.07, 6.45) is 4.26. The molecular weight excluding hydrogens is 332 g/mol. The van der Waals surface area contributed by atoms with E-state index in [0.717, 1.165) is 30.5 Å². The van der Waals surface area contributed by atoms with Crippen LogP contribution in [0, 0.1) is 0 Å². The van der Waals surface area contributed by atoms with Crippen LogP contribution in [-0.2, 0) is 16.0 Å². The summed E-state index contributed by atoms with van der Waals surface area (Å²) in [6, 6.07) is 8.47. The molecule has 144 valence electrons. The molecule has 0 saturated carbocycles. The lowest BCUT2D eigenvalue weighted by Crippen LogP contribution is -2.40. The van der Waals surface area contributed by atoms with E-state index in [1.165, 1.54) is 23.3 Å². The van der Waals surface area contributed by atoms with Gasteiger partial charge in [0.1, 0.15) is 6.61 Å². The van der Waals surface area contributed by atoms with Crippen molar-refractivity contribution in [3.8, 4) is 0 Å². The van der Waals surface area contributed by atoms with Gasteiger partial charge in [-0.2, -0.15) is 0 Å². The summed E-state index contributed by atoms with van der Waals surface area (Å²) in [5.41, 5.74) is 3.26. The molecule has 1 aromatic rings. The summed E-state index contributed by atoms with van der Waals surface area (Å²) >= 11 is 0. The number of amides is 1. The number of rotatable bonds is 9. The Morgan fingerprint density at radius 1 is 1.23 bits per heavy atom. The lowest BCUT2D eigenvalue weighted by molar-refractivity contribution is -0.0192. The van der Waals surface area contributed by atoms with Crippen molar-refractivity contribution >= 4 is 11.8 Å². The van der Waals surface area contributed by atoms with Gasteiger partial charge in [0.2, 0.25) is 0 Å². The highest BCUT2D eigenvalue weighted by Gasteiger charge is 2.22. The van der Waals surface area contributed by atoms with Crippen LogP contribution < -0.4 is 0 Å². The van der Waals surface area contributed by atoms with E-state index < -0.39 is 6.09 Å². The van der Waals surface area contributed by atoms with Crippen molar-refractivity contribution < 1.29 is 19.5 Å². The van der Waals surface area contributed by atoms with E-state index in [0.29, 0.717) is 26.3 Å². The molecule has 1 aliphatic heterocycles. The predicted molar refractivity (Wildman–Crippen MR) is 102 cm³/mol. The summed E-state index contributed by atoms with van der Waals surface area (Å²) in [6.45, 7) is 6.06. The Hall–Kier alpha value is -2.08. The van der Waals surface area contributed by atoms with Crippen LogP contribution in [0.1, 0.15) is 50.7 Å². The minimum Gasteiger partial charge on any atom is -0.465 e. The number of piperidine rings is 1. The van der Waals surface area contributed by atoms with Gasteiger partial charge in [0, 0.05) is 13.1 Å². The Morgan fingerprint density at radius 3 is 2.54 bits per heavy atom. The summed E-state index contributed by atoms with van der Waals surface area (Å²) < 4.78 is 5.74. The van der Waals surface area contributed by atoms with Crippen molar-refractivity contribution in [1.29, 1.82) is 0 Å². The number of unbranched alkanes of at least 4 members (excludes halogenated alkanes) is 1. The van der Waals surface area contributed by atoms with Crippen molar-refractivity contribution in [3.63, 3.8) is 0 Å². The molecule has 0 bridgehead atoms. The van der Waals surface area contributed by atoms with Crippen LogP contribution in [0.25, 0.3) is 0 Å². The lowest BCUT2D eigenvalue weighted by Gasteiger charge is -2.29. The van der Waals surface area contributed by atoms with Crippen LogP contribution >= 0.6 is 0 Å². The van der Waals surface area contributed by atoms with E-state index in [1.807, 2.05) is 6.92 Å². The van der Waals surface area contributed by atoms with Crippen LogP contribution in [0.5, 0.6) is 0 Å². The van der Waals surface area contributed by atoms with E-state index in [2.05, 4.69) is 36.3 Å². The minimum absolute atomic E-state index is 0.106. The van der Waals surface area contributed by atoms with Crippen molar-refractivity contribution in [2.24, 2.45) is 5.16 Å².